The summed E-state index contributed by atoms with van der Waals surface area (Å²) in [4.78, 5) is 67.9. The smallest absolute Gasteiger partial charge is 0.326 e. The molecule has 13 heteroatoms. The molecule has 3 rings (SSSR count). The van der Waals surface area contributed by atoms with Crippen molar-refractivity contribution in [3.63, 3.8) is 0 Å². The predicted octanol–water partition coefficient (Wildman–Crippen LogP) is -1.11. The second kappa shape index (κ2) is 10.4. The Hall–Kier alpha value is -4.55. The minimum Gasteiger partial charge on any atom is -0.481 e. The fraction of sp³-hybridized carbons (Fsp3) is 0.286. The van der Waals surface area contributed by atoms with Gasteiger partial charge in [-0.25, -0.2) is 9.79 Å². The van der Waals surface area contributed by atoms with Crippen LogP contribution in [0.25, 0.3) is 0 Å². The number of carbonyl (C=O) groups is 5. The number of amides is 3. The average molecular weight is 470 g/mol. The second-order valence-electron chi connectivity index (χ2n) is 7.50. The molecule has 178 valence electrons. The highest BCUT2D eigenvalue weighted by Gasteiger charge is 2.33. The summed E-state index contributed by atoms with van der Waals surface area (Å²) in [5, 5.41) is 22.6. The van der Waals surface area contributed by atoms with Gasteiger partial charge >= 0.3 is 11.9 Å². The number of benzene rings is 1. The number of anilines is 1. The molecule has 1 aromatic rings. The molecular formula is C21H22N6O7. The van der Waals surface area contributed by atoms with Gasteiger partial charge in [0.1, 0.15) is 12.1 Å². The number of guanidine groups is 1. The van der Waals surface area contributed by atoms with Crippen LogP contribution in [-0.4, -0.2) is 76.7 Å². The molecule has 2 aliphatic rings. The van der Waals surface area contributed by atoms with Gasteiger partial charge in [0.05, 0.1) is 12.3 Å². The molecule has 0 fully saturated rings. The molecule has 0 spiro atoms. The summed E-state index contributed by atoms with van der Waals surface area (Å²) >= 11 is 0. The Morgan fingerprint density at radius 2 is 1.91 bits per heavy atom. The van der Waals surface area contributed by atoms with Gasteiger partial charge in [-0.15, -0.1) is 0 Å². The van der Waals surface area contributed by atoms with Gasteiger partial charge < -0.3 is 26.2 Å². The Kier molecular flexibility index (Phi) is 7.36. The number of nitrogens with zero attached hydrogens (tertiary/aromatic N) is 3. The standard InChI is InChI=1S/C21H22N6O7/c22-21-25-14-6-3-12(23-17(14)19(32)26-21)9-27(10-28)13-4-1-11(2-5-13)18(31)24-15(20(33)34)7-8-16(29)30/h1-6,10,14-15,17H,7-9H2,(H,24,31)(H,29,30)(H,33,34)(H3,22,25,26,32)/t14?,15-,17?/m1/s1. The summed E-state index contributed by atoms with van der Waals surface area (Å²) in [7, 11) is 0. The molecule has 3 atom stereocenters. The zero-order valence-electron chi connectivity index (χ0n) is 17.7. The van der Waals surface area contributed by atoms with E-state index < -0.39 is 48.3 Å². The topological polar surface area (TPSA) is 204 Å². The van der Waals surface area contributed by atoms with Crippen LogP contribution in [0, 0.1) is 0 Å². The largest absolute Gasteiger partial charge is 0.481 e. The van der Waals surface area contributed by atoms with Crippen LogP contribution in [0.3, 0.4) is 0 Å². The number of hydrogen-bond acceptors (Lipinski definition) is 8. The van der Waals surface area contributed by atoms with Crippen molar-refractivity contribution >= 4 is 47.5 Å². The number of carboxylic acid groups (broad SMARTS) is 2. The minimum atomic E-state index is -1.36. The number of aliphatic carboxylic acids is 2. The van der Waals surface area contributed by atoms with Crippen LogP contribution in [0.2, 0.25) is 0 Å². The second-order valence-corrected chi connectivity index (χ2v) is 7.50. The molecule has 2 aliphatic heterocycles. The predicted molar refractivity (Wildman–Crippen MR) is 120 cm³/mol. The Bertz CT molecular complexity index is 1100. The average Bonchev–Trinajstić information content (AvgIpc) is 2.80. The van der Waals surface area contributed by atoms with Gasteiger partial charge in [-0.2, -0.15) is 0 Å². The molecule has 2 heterocycles. The molecule has 2 unspecified atom stereocenters. The fourth-order valence-corrected chi connectivity index (χ4v) is 3.36. The zero-order chi connectivity index (χ0) is 24.8. The van der Waals surface area contributed by atoms with Crippen LogP contribution >= 0.6 is 0 Å². The Morgan fingerprint density at radius 3 is 2.53 bits per heavy atom. The minimum absolute atomic E-state index is 0.0183. The number of hydrogen-bond donors (Lipinski definition) is 5. The maximum absolute atomic E-state index is 12.4. The third-order valence-electron chi connectivity index (χ3n) is 5.09. The van der Waals surface area contributed by atoms with Crippen LogP contribution in [0.5, 0.6) is 0 Å². The number of carboxylic acids is 2. The lowest BCUT2D eigenvalue weighted by atomic mass is 10.0. The third kappa shape index (κ3) is 5.82. The molecular weight excluding hydrogens is 448 g/mol. The summed E-state index contributed by atoms with van der Waals surface area (Å²) in [6.45, 7) is 0.0531. The highest BCUT2D eigenvalue weighted by Crippen LogP contribution is 2.18. The molecule has 13 nitrogen and oxygen atoms in total. The molecule has 0 saturated carbocycles. The van der Waals surface area contributed by atoms with E-state index in [2.05, 4.69) is 20.6 Å². The first-order chi connectivity index (χ1) is 16.2. The summed E-state index contributed by atoms with van der Waals surface area (Å²) in [6.07, 6.45) is 3.23. The first-order valence-electron chi connectivity index (χ1n) is 10.1. The van der Waals surface area contributed by atoms with Crippen LogP contribution in [0.15, 0.2) is 46.4 Å². The summed E-state index contributed by atoms with van der Waals surface area (Å²) in [5.74, 6) is -3.59. The van der Waals surface area contributed by atoms with Crippen molar-refractivity contribution in [1.82, 2.24) is 10.6 Å². The van der Waals surface area contributed by atoms with Gasteiger partial charge in [0.15, 0.2) is 12.0 Å². The van der Waals surface area contributed by atoms with E-state index in [1.165, 1.54) is 29.2 Å². The first-order valence-corrected chi connectivity index (χ1v) is 10.1. The normalized spacial score (nSPS) is 19.6. The van der Waals surface area contributed by atoms with Crippen molar-refractivity contribution in [2.75, 3.05) is 11.4 Å². The van der Waals surface area contributed by atoms with E-state index in [0.29, 0.717) is 17.8 Å². The lowest BCUT2D eigenvalue weighted by Gasteiger charge is -2.27. The molecule has 0 saturated heterocycles. The fourth-order valence-electron chi connectivity index (χ4n) is 3.36. The molecule has 6 N–H and O–H groups in total. The van der Waals surface area contributed by atoms with Crippen LogP contribution in [-0.2, 0) is 19.2 Å². The summed E-state index contributed by atoms with van der Waals surface area (Å²) in [5.41, 5.74) is 6.57. The van der Waals surface area contributed by atoms with Crippen LogP contribution in [0.4, 0.5) is 5.69 Å². The van der Waals surface area contributed by atoms with Crippen molar-refractivity contribution in [3.05, 3.63) is 42.0 Å². The van der Waals surface area contributed by atoms with Crippen molar-refractivity contribution in [2.24, 2.45) is 15.7 Å². The summed E-state index contributed by atoms with van der Waals surface area (Å²) in [6, 6.07) is 3.14. The quantitative estimate of drug-likeness (QED) is 0.265. The number of nitrogens with two attached hydrogens (primary N) is 1. The molecule has 0 aromatic heterocycles. The van der Waals surface area contributed by atoms with Gasteiger partial charge in [-0.1, -0.05) is 6.08 Å². The molecule has 1 aromatic carbocycles. The van der Waals surface area contributed by atoms with E-state index in [1.807, 2.05) is 0 Å². The number of fused-ring (bicyclic) bond motifs is 1. The summed E-state index contributed by atoms with van der Waals surface area (Å²) < 4.78 is 0. The Balaban J connectivity index is 1.66. The highest BCUT2D eigenvalue weighted by molar-refractivity contribution is 6.07. The van der Waals surface area contributed by atoms with E-state index >= 15 is 0 Å². The molecule has 34 heavy (non-hydrogen) atoms. The van der Waals surface area contributed by atoms with Crippen molar-refractivity contribution < 1.29 is 34.2 Å². The van der Waals surface area contributed by atoms with E-state index in [9.17, 15) is 29.1 Å². The first kappa shape index (κ1) is 24.1. The third-order valence-corrected chi connectivity index (χ3v) is 5.09. The number of nitrogens with one attached hydrogen (secondary N) is 2. The lowest BCUT2D eigenvalue weighted by Crippen LogP contribution is -2.52. The SMILES string of the molecule is NC1=NC2C=CC(CN(C=O)c3ccc(C(=O)N[C@H](CCC(=O)O)C(=O)O)cc3)=NC2C(=O)N1. The van der Waals surface area contributed by atoms with Gasteiger partial charge in [0.2, 0.25) is 6.41 Å². The van der Waals surface area contributed by atoms with E-state index in [4.69, 9.17) is 10.8 Å². The monoisotopic (exact) mass is 470 g/mol. The molecule has 0 bridgehead atoms. The maximum Gasteiger partial charge on any atom is 0.326 e. The Morgan fingerprint density at radius 1 is 1.21 bits per heavy atom. The van der Waals surface area contributed by atoms with Gasteiger partial charge in [0, 0.05) is 17.7 Å². The molecule has 0 radical (unpaired) electrons. The van der Waals surface area contributed by atoms with E-state index in [0.717, 1.165) is 0 Å². The van der Waals surface area contributed by atoms with Gasteiger partial charge in [-0.3, -0.25) is 29.5 Å². The number of dihydropyridines is 1. The van der Waals surface area contributed by atoms with Crippen LogP contribution in [0.1, 0.15) is 23.2 Å². The van der Waals surface area contributed by atoms with Crippen molar-refractivity contribution in [2.45, 2.75) is 31.0 Å². The zero-order valence-corrected chi connectivity index (χ0v) is 17.7. The van der Waals surface area contributed by atoms with Gasteiger partial charge in [-0.05, 0) is 36.8 Å². The number of rotatable bonds is 10. The van der Waals surface area contributed by atoms with Crippen LogP contribution < -0.4 is 21.3 Å². The number of aliphatic imine (C=N–C) groups is 2. The highest BCUT2D eigenvalue weighted by atomic mass is 16.4. The molecule has 3 amide bonds. The van der Waals surface area contributed by atoms with E-state index in [1.54, 1.807) is 12.2 Å². The van der Waals surface area contributed by atoms with E-state index in [-0.39, 0.29) is 24.5 Å². The molecule has 0 aliphatic carbocycles. The van der Waals surface area contributed by atoms with Crippen molar-refractivity contribution in [1.29, 1.82) is 0 Å². The maximum atomic E-state index is 12.4. The lowest BCUT2D eigenvalue weighted by molar-refractivity contribution is -0.140. The van der Waals surface area contributed by atoms with Gasteiger partial charge in [0.25, 0.3) is 11.8 Å². The van der Waals surface area contributed by atoms with Crippen molar-refractivity contribution in [3.8, 4) is 0 Å². The Labute approximate surface area is 193 Å². The number of carbonyl (C=O) groups excluding carboxylic acids is 3.